The molecule has 78 valence electrons. The van der Waals surface area contributed by atoms with Crippen molar-refractivity contribution in [1.29, 1.82) is 0 Å². The quantitative estimate of drug-likeness (QED) is 0.300. The zero-order valence-corrected chi connectivity index (χ0v) is 8.69. The zero-order chi connectivity index (χ0) is 11.3. The second kappa shape index (κ2) is 5.16. The van der Waals surface area contributed by atoms with E-state index in [4.69, 9.17) is 6.42 Å². The van der Waals surface area contributed by atoms with E-state index in [2.05, 4.69) is 5.92 Å². The molecule has 1 aliphatic heterocycles. The van der Waals surface area contributed by atoms with Gasteiger partial charge in [0.15, 0.2) is 0 Å². The Morgan fingerprint density at radius 3 is 2.73 bits per heavy atom. The zero-order valence-electron chi connectivity index (χ0n) is 8.69. The first kappa shape index (κ1) is 11.3. The molecule has 1 fully saturated rings. The maximum absolute atomic E-state index is 11.4. The Morgan fingerprint density at radius 2 is 2.27 bits per heavy atom. The monoisotopic (exact) mass is 203 g/mol. The predicted octanol–water partition coefficient (Wildman–Crippen LogP) is 1.27. The lowest BCUT2D eigenvalue weighted by Gasteiger charge is -2.14. The largest absolute Gasteiger partial charge is 0.305 e. The van der Waals surface area contributed by atoms with Gasteiger partial charge in [-0.2, -0.15) is 0 Å². The first-order chi connectivity index (χ1) is 7.19. The third-order valence-electron chi connectivity index (χ3n) is 2.20. The van der Waals surface area contributed by atoms with Crippen LogP contribution in [0.3, 0.4) is 0 Å². The number of likely N-dealkylation sites (tertiary alicyclic amines) is 1. The van der Waals surface area contributed by atoms with Gasteiger partial charge < -0.3 is 4.90 Å². The van der Waals surface area contributed by atoms with Crippen LogP contribution in [-0.2, 0) is 9.59 Å². The number of carbonyl (C=O) groups is 2. The molecule has 3 nitrogen and oxygen atoms in total. The van der Waals surface area contributed by atoms with Gasteiger partial charge in [0, 0.05) is 13.0 Å². The standard InChI is InChI=1S/C12H13NO2/c1-3-11(7-6-10(2)9-14)13-8-4-5-12(13)15/h1,6-7,9H,4-5,8H2,2H3/b10-6+,11-7+. The van der Waals surface area contributed by atoms with Gasteiger partial charge in [-0.3, -0.25) is 9.59 Å². The minimum Gasteiger partial charge on any atom is -0.305 e. The predicted molar refractivity (Wildman–Crippen MR) is 57.7 cm³/mol. The first-order valence-corrected chi connectivity index (χ1v) is 4.79. The summed E-state index contributed by atoms with van der Waals surface area (Å²) in [7, 11) is 0. The number of aldehydes is 1. The van der Waals surface area contributed by atoms with Crippen molar-refractivity contribution in [2.24, 2.45) is 0 Å². The number of terminal acetylenes is 1. The summed E-state index contributed by atoms with van der Waals surface area (Å²) in [6.45, 7) is 2.35. The highest BCUT2D eigenvalue weighted by Crippen LogP contribution is 2.15. The number of nitrogens with zero attached hydrogens (tertiary/aromatic N) is 1. The maximum Gasteiger partial charge on any atom is 0.227 e. The first-order valence-electron chi connectivity index (χ1n) is 4.79. The third kappa shape index (κ3) is 2.81. The lowest BCUT2D eigenvalue weighted by atomic mass is 10.2. The molecule has 1 heterocycles. The highest BCUT2D eigenvalue weighted by atomic mass is 16.2. The van der Waals surface area contributed by atoms with Gasteiger partial charge in [-0.1, -0.05) is 12.0 Å². The van der Waals surface area contributed by atoms with Crippen LogP contribution in [0.2, 0.25) is 0 Å². The Kier molecular flexibility index (Phi) is 3.87. The fraction of sp³-hybridized carbons (Fsp3) is 0.333. The Labute approximate surface area is 89.5 Å². The van der Waals surface area contributed by atoms with Crippen LogP contribution in [-0.4, -0.2) is 23.6 Å². The van der Waals surface area contributed by atoms with Crippen LogP contribution in [0.15, 0.2) is 23.4 Å². The van der Waals surface area contributed by atoms with Gasteiger partial charge in [-0.25, -0.2) is 0 Å². The lowest BCUT2D eigenvalue weighted by Crippen LogP contribution is -2.22. The third-order valence-corrected chi connectivity index (χ3v) is 2.20. The minimum absolute atomic E-state index is 0.0522. The second-order valence-electron chi connectivity index (χ2n) is 3.37. The fourth-order valence-corrected chi connectivity index (χ4v) is 1.37. The molecular weight excluding hydrogens is 190 g/mol. The maximum atomic E-state index is 11.4. The van der Waals surface area contributed by atoms with E-state index in [1.165, 1.54) is 0 Å². The van der Waals surface area contributed by atoms with E-state index in [1.54, 1.807) is 24.0 Å². The van der Waals surface area contributed by atoms with Crippen LogP contribution in [0.1, 0.15) is 19.8 Å². The fourth-order valence-electron chi connectivity index (χ4n) is 1.37. The van der Waals surface area contributed by atoms with Crippen molar-refractivity contribution in [3.63, 3.8) is 0 Å². The van der Waals surface area contributed by atoms with Gasteiger partial charge >= 0.3 is 0 Å². The summed E-state index contributed by atoms with van der Waals surface area (Å²) in [6, 6.07) is 0. The molecule has 0 spiro atoms. The summed E-state index contributed by atoms with van der Waals surface area (Å²) in [5.41, 5.74) is 1.10. The van der Waals surface area contributed by atoms with Gasteiger partial charge in [0.1, 0.15) is 6.29 Å². The van der Waals surface area contributed by atoms with Crippen molar-refractivity contribution in [2.75, 3.05) is 6.54 Å². The van der Waals surface area contributed by atoms with E-state index in [1.807, 2.05) is 0 Å². The molecule has 0 aromatic heterocycles. The van der Waals surface area contributed by atoms with Gasteiger partial charge in [0.2, 0.25) is 5.91 Å². The Bertz CT molecular complexity index is 372. The van der Waals surface area contributed by atoms with Crippen molar-refractivity contribution in [3.8, 4) is 12.3 Å². The van der Waals surface area contributed by atoms with E-state index in [9.17, 15) is 9.59 Å². The smallest absolute Gasteiger partial charge is 0.227 e. The molecule has 1 rings (SSSR count). The average Bonchev–Trinajstić information content (AvgIpc) is 2.65. The topological polar surface area (TPSA) is 37.4 Å². The average molecular weight is 203 g/mol. The second-order valence-corrected chi connectivity index (χ2v) is 3.37. The molecule has 0 aromatic carbocycles. The normalized spacial score (nSPS) is 17.9. The molecule has 0 saturated carbocycles. The van der Waals surface area contributed by atoms with Crippen LogP contribution in [0.5, 0.6) is 0 Å². The Balaban J connectivity index is 2.85. The number of hydrogen-bond donors (Lipinski definition) is 0. The van der Waals surface area contributed by atoms with Gasteiger partial charge in [0.05, 0.1) is 5.70 Å². The van der Waals surface area contributed by atoms with Crippen molar-refractivity contribution >= 4 is 12.2 Å². The summed E-state index contributed by atoms with van der Waals surface area (Å²) in [4.78, 5) is 23.3. The molecule has 15 heavy (non-hydrogen) atoms. The van der Waals surface area contributed by atoms with E-state index < -0.39 is 0 Å². The van der Waals surface area contributed by atoms with Crippen molar-refractivity contribution < 1.29 is 9.59 Å². The molecule has 0 aliphatic carbocycles. The molecule has 0 unspecified atom stereocenters. The van der Waals surface area contributed by atoms with Crippen LogP contribution in [0.25, 0.3) is 0 Å². The molecule has 1 amide bonds. The van der Waals surface area contributed by atoms with Gasteiger partial charge in [0.25, 0.3) is 0 Å². The number of allylic oxidation sites excluding steroid dienone is 4. The molecule has 0 atom stereocenters. The number of hydrogen-bond acceptors (Lipinski definition) is 2. The number of carbonyl (C=O) groups excluding carboxylic acids is 2. The molecule has 0 aromatic rings. The summed E-state index contributed by atoms with van der Waals surface area (Å²) < 4.78 is 0. The number of amides is 1. The Hall–Kier alpha value is -1.82. The van der Waals surface area contributed by atoms with E-state index >= 15 is 0 Å². The summed E-state index contributed by atoms with van der Waals surface area (Å²) >= 11 is 0. The van der Waals surface area contributed by atoms with Crippen molar-refractivity contribution in [3.05, 3.63) is 23.4 Å². The molecule has 1 aliphatic rings. The number of rotatable bonds is 3. The Morgan fingerprint density at radius 1 is 1.53 bits per heavy atom. The minimum atomic E-state index is 0.0522. The van der Waals surface area contributed by atoms with Gasteiger partial charge in [-0.15, -0.1) is 6.42 Å². The highest BCUT2D eigenvalue weighted by Gasteiger charge is 2.22. The summed E-state index contributed by atoms with van der Waals surface area (Å²) in [5, 5.41) is 0. The molecule has 1 saturated heterocycles. The molecule has 0 radical (unpaired) electrons. The van der Waals surface area contributed by atoms with Crippen LogP contribution in [0.4, 0.5) is 0 Å². The molecular formula is C12H13NO2. The summed E-state index contributed by atoms with van der Waals surface area (Å²) in [6.07, 6.45) is 10.7. The van der Waals surface area contributed by atoms with Gasteiger partial charge in [-0.05, 0) is 25.0 Å². The van der Waals surface area contributed by atoms with Crippen LogP contribution >= 0.6 is 0 Å². The molecule has 0 N–H and O–H groups in total. The van der Waals surface area contributed by atoms with Crippen LogP contribution < -0.4 is 0 Å². The molecule has 3 heteroatoms. The van der Waals surface area contributed by atoms with Crippen molar-refractivity contribution in [1.82, 2.24) is 4.90 Å². The highest BCUT2D eigenvalue weighted by molar-refractivity contribution is 5.81. The van der Waals surface area contributed by atoms with E-state index in [0.29, 0.717) is 24.2 Å². The lowest BCUT2D eigenvalue weighted by molar-refractivity contribution is -0.125. The van der Waals surface area contributed by atoms with E-state index in [0.717, 1.165) is 12.7 Å². The van der Waals surface area contributed by atoms with E-state index in [-0.39, 0.29) is 5.91 Å². The summed E-state index contributed by atoms with van der Waals surface area (Å²) in [5.74, 6) is 2.51. The SMILES string of the molecule is C#C/C(=C\C=C(/C)C=O)N1CCCC1=O. The van der Waals surface area contributed by atoms with Crippen molar-refractivity contribution in [2.45, 2.75) is 19.8 Å². The molecule has 0 bridgehead atoms. The van der Waals surface area contributed by atoms with Crippen LogP contribution in [0, 0.1) is 12.3 Å².